The van der Waals surface area contributed by atoms with Crippen molar-refractivity contribution in [3.63, 3.8) is 0 Å². The molecule has 0 aliphatic carbocycles. The smallest absolute Gasteiger partial charge is 0.0520 e. The molecular formula is C25H29N. The van der Waals surface area contributed by atoms with Crippen LogP contribution in [0.3, 0.4) is 0 Å². The van der Waals surface area contributed by atoms with Crippen molar-refractivity contribution < 1.29 is 0 Å². The van der Waals surface area contributed by atoms with Crippen LogP contribution in [-0.2, 0) is 0 Å². The number of anilines is 3. The number of hydrogen-bond donors (Lipinski definition) is 0. The average molecular weight is 344 g/mol. The van der Waals surface area contributed by atoms with Gasteiger partial charge in [-0.15, -0.1) is 0 Å². The average Bonchev–Trinajstić information content (AvgIpc) is 2.51. The van der Waals surface area contributed by atoms with Crippen LogP contribution in [0.25, 0.3) is 0 Å². The third-order valence-corrected chi connectivity index (χ3v) is 4.98. The summed E-state index contributed by atoms with van der Waals surface area (Å²) in [5.74, 6) is 0. The third kappa shape index (κ3) is 3.39. The Hall–Kier alpha value is -2.54. The first kappa shape index (κ1) is 18.3. The molecule has 134 valence electrons. The normalized spacial score (nSPS) is 10.9. The molecule has 1 nitrogen and oxygen atoms in total. The van der Waals surface area contributed by atoms with Crippen LogP contribution in [0.5, 0.6) is 0 Å². The van der Waals surface area contributed by atoms with E-state index in [0.717, 1.165) is 0 Å². The van der Waals surface area contributed by atoms with Gasteiger partial charge in [-0.05, 0) is 88.4 Å². The summed E-state index contributed by atoms with van der Waals surface area (Å²) in [7, 11) is 0. The molecule has 3 aromatic carbocycles. The fourth-order valence-corrected chi connectivity index (χ4v) is 4.19. The first-order chi connectivity index (χ1) is 12.3. The summed E-state index contributed by atoms with van der Waals surface area (Å²) >= 11 is 0. The molecule has 26 heavy (non-hydrogen) atoms. The van der Waals surface area contributed by atoms with E-state index in [4.69, 9.17) is 0 Å². The molecule has 0 atom stereocenters. The summed E-state index contributed by atoms with van der Waals surface area (Å²) in [6, 6.07) is 17.9. The van der Waals surface area contributed by atoms with Gasteiger partial charge in [0, 0.05) is 5.69 Å². The molecule has 0 saturated heterocycles. The molecule has 0 aliphatic heterocycles. The lowest BCUT2D eigenvalue weighted by Crippen LogP contribution is -2.16. The highest BCUT2D eigenvalue weighted by atomic mass is 15.2. The molecule has 0 aromatic heterocycles. The maximum atomic E-state index is 2.45. The second-order valence-corrected chi connectivity index (χ2v) is 7.67. The van der Waals surface area contributed by atoms with E-state index in [0.29, 0.717) is 0 Å². The Morgan fingerprint density at radius 2 is 0.923 bits per heavy atom. The zero-order valence-electron chi connectivity index (χ0n) is 17.1. The van der Waals surface area contributed by atoms with E-state index < -0.39 is 0 Å². The first-order valence-corrected chi connectivity index (χ1v) is 9.30. The van der Waals surface area contributed by atoms with Gasteiger partial charge in [0.05, 0.1) is 11.4 Å². The van der Waals surface area contributed by atoms with Gasteiger partial charge < -0.3 is 4.90 Å². The van der Waals surface area contributed by atoms with Crippen LogP contribution in [0.15, 0.2) is 48.5 Å². The van der Waals surface area contributed by atoms with Gasteiger partial charge in [0.25, 0.3) is 0 Å². The summed E-state index contributed by atoms with van der Waals surface area (Å²) in [5.41, 5.74) is 12.9. The van der Waals surface area contributed by atoms with Crippen LogP contribution in [0.2, 0.25) is 0 Å². The first-order valence-electron chi connectivity index (χ1n) is 9.30. The van der Waals surface area contributed by atoms with E-state index in [2.05, 4.69) is 102 Å². The molecule has 1 heteroatoms. The number of benzene rings is 3. The van der Waals surface area contributed by atoms with E-state index >= 15 is 0 Å². The summed E-state index contributed by atoms with van der Waals surface area (Å²) in [6.07, 6.45) is 0. The summed E-state index contributed by atoms with van der Waals surface area (Å²) in [5, 5.41) is 0. The minimum atomic E-state index is 1.22. The van der Waals surface area contributed by atoms with Crippen molar-refractivity contribution in [2.75, 3.05) is 4.90 Å². The fourth-order valence-electron chi connectivity index (χ4n) is 4.19. The molecule has 0 unspecified atom stereocenters. The largest absolute Gasteiger partial charge is 0.309 e. The molecule has 0 radical (unpaired) electrons. The van der Waals surface area contributed by atoms with Gasteiger partial charge in [-0.2, -0.15) is 0 Å². The lowest BCUT2D eigenvalue weighted by molar-refractivity contribution is 1.16. The van der Waals surface area contributed by atoms with Crippen LogP contribution >= 0.6 is 0 Å². The lowest BCUT2D eigenvalue weighted by atomic mass is 9.98. The third-order valence-electron chi connectivity index (χ3n) is 4.98. The number of nitrogens with zero attached hydrogens (tertiary/aromatic N) is 1. The van der Waals surface area contributed by atoms with E-state index in [1.165, 1.54) is 56.0 Å². The van der Waals surface area contributed by atoms with Crippen LogP contribution in [0.1, 0.15) is 38.9 Å². The molecule has 0 N–H and O–H groups in total. The van der Waals surface area contributed by atoms with Gasteiger partial charge in [-0.3, -0.25) is 0 Å². The highest BCUT2D eigenvalue weighted by Gasteiger charge is 2.20. The minimum Gasteiger partial charge on any atom is -0.309 e. The van der Waals surface area contributed by atoms with Crippen molar-refractivity contribution in [3.05, 3.63) is 87.5 Å². The van der Waals surface area contributed by atoms with E-state index in [1.807, 2.05) is 0 Å². The highest BCUT2D eigenvalue weighted by molar-refractivity contribution is 5.84. The van der Waals surface area contributed by atoms with Crippen molar-refractivity contribution in [1.82, 2.24) is 0 Å². The molecular weight excluding hydrogens is 314 g/mol. The Morgan fingerprint density at radius 1 is 0.500 bits per heavy atom. The standard InChI is InChI=1S/C25H29N/c1-16-9-8-10-23(15-16)26(24-19(4)11-17(2)12-20(24)5)25-21(6)13-18(3)14-22(25)7/h8-15H,1-7H3. The van der Waals surface area contributed by atoms with Gasteiger partial charge in [0.1, 0.15) is 0 Å². The topological polar surface area (TPSA) is 3.24 Å². The lowest BCUT2D eigenvalue weighted by Gasteiger charge is -2.32. The molecule has 0 bridgehead atoms. The molecule has 0 amide bonds. The number of rotatable bonds is 3. The van der Waals surface area contributed by atoms with Crippen LogP contribution < -0.4 is 4.90 Å². The van der Waals surface area contributed by atoms with E-state index in [-0.39, 0.29) is 0 Å². The fraction of sp³-hybridized carbons (Fsp3) is 0.280. The molecule has 0 aliphatic rings. The maximum Gasteiger partial charge on any atom is 0.0520 e. The van der Waals surface area contributed by atoms with E-state index in [9.17, 15) is 0 Å². The van der Waals surface area contributed by atoms with Gasteiger partial charge in [-0.25, -0.2) is 0 Å². The van der Waals surface area contributed by atoms with Crippen LogP contribution in [0.4, 0.5) is 17.1 Å². The molecule has 0 spiro atoms. The Labute approximate surface area is 158 Å². The molecule has 0 heterocycles. The molecule has 0 fully saturated rings. The number of aryl methyl sites for hydroxylation is 7. The molecule has 3 rings (SSSR count). The van der Waals surface area contributed by atoms with Crippen molar-refractivity contribution in [3.8, 4) is 0 Å². The summed E-state index contributed by atoms with van der Waals surface area (Å²) in [4.78, 5) is 2.45. The second kappa shape index (κ2) is 6.99. The van der Waals surface area contributed by atoms with Crippen molar-refractivity contribution in [2.45, 2.75) is 48.5 Å². The van der Waals surface area contributed by atoms with Crippen molar-refractivity contribution in [1.29, 1.82) is 0 Å². The van der Waals surface area contributed by atoms with Gasteiger partial charge >= 0.3 is 0 Å². The van der Waals surface area contributed by atoms with Crippen molar-refractivity contribution >= 4 is 17.1 Å². The Bertz CT molecular complexity index is 862. The van der Waals surface area contributed by atoms with Crippen LogP contribution in [-0.4, -0.2) is 0 Å². The predicted octanol–water partition coefficient (Wildman–Crippen LogP) is 7.32. The summed E-state index contributed by atoms with van der Waals surface area (Å²) < 4.78 is 0. The van der Waals surface area contributed by atoms with Crippen molar-refractivity contribution in [2.24, 2.45) is 0 Å². The summed E-state index contributed by atoms with van der Waals surface area (Å²) in [6.45, 7) is 15.4. The van der Waals surface area contributed by atoms with E-state index in [1.54, 1.807) is 0 Å². The molecule has 3 aromatic rings. The monoisotopic (exact) mass is 343 g/mol. The van der Waals surface area contributed by atoms with Gasteiger partial charge in [-0.1, -0.05) is 47.5 Å². The molecule has 0 saturated carbocycles. The Balaban J connectivity index is 2.36. The SMILES string of the molecule is Cc1cccc(N(c2c(C)cc(C)cc2C)c2c(C)cc(C)cc2C)c1. The minimum absolute atomic E-state index is 1.22. The zero-order chi connectivity index (χ0) is 19.0. The Kier molecular flexibility index (Phi) is 4.91. The Morgan fingerprint density at radius 3 is 1.31 bits per heavy atom. The van der Waals surface area contributed by atoms with Crippen LogP contribution in [0, 0.1) is 48.5 Å². The van der Waals surface area contributed by atoms with Gasteiger partial charge in [0.15, 0.2) is 0 Å². The quantitative estimate of drug-likeness (QED) is 0.481. The zero-order valence-corrected chi connectivity index (χ0v) is 17.1. The predicted molar refractivity (Wildman–Crippen MR) is 114 cm³/mol. The highest BCUT2D eigenvalue weighted by Crippen LogP contribution is 2.42. The van der Waals surface area contributed by atoms with Gasteiger partial charge in [0.2, 0.25) is 0 Å². The second-order valence-electron chi connectivity index (χ2n) is 7.67. The maximum absolute atomic E-state index is 2.45. The number of hydrogen-bond acceptors (Lipinski definition) is 1.